The van der Waals surface area contributed by atoms with Crippen molar-refractivity contribution in [1.82, 2.24) is 0 Å². The molecule has 0 amide bonds. The summed E-state index contributed by atoms with van der Waals surface area (Å²) in [6.07, 6.45) is 3.22. The summed E-state index contributed by atoms with van der Waals surface area (Å²) in [6, 6.07) is 0. The van der Waals surface area contributed by atoms with Crippen LogP contribution in [-0.4, -0.2) is 16.1 Å². The van der Waals surface area contributed by atoms with Crippen LogP contribution < -0.4 is 0 Å². The maximum atomic E-state index is 5.90. The van der Waals surface area contributed by atoms with Crippen LogP contribution >= 0.6 is 22.6 Å². The zero-order valence-electron chi connectivity index (χ0n) is 7.56. The lowest BCUT2D eigenvalue weighted by molar-refractivity contribution is -0.0554. The van der Waals surface area contributed by atoms with Crippen molar-refractivity contribution in [3.05, 3.63) is 0 Å². The number of halogens is 1. The molecule has 1 aliphatic rings. The first-order valence-electron chi connectivity index (χ1n) is 4.29. The standard InChI is InChI=1S/C9H17IO/c1-7(8-4-5-8)11-9(2,3)6-10/h7-8H,4-6H2,1-3H3. The Balaban J connectivity index is 2.27. The van der Waals surface area contributed by atoms with Crippen LogP contribution in [0.4, 0.5) is 0 Å². The molecule has 0 aromatic heterocycles. The summed E-state index contributed by atoms with van der Waals surface area (Å²) < 4.78 is 6.97. The van der Waals surface area contributed by atoms with Crippen molar-refractivity contribution >= 4 is 22.6 Å². The molecule has 0 spiro atoms. The molecule has 11 heavy (non-hydrogen) atoms. The quantitative estimate of drug-likeness (QED) is 0.562. The maximum Gasteiger partial charge on any atom is 0.0719 e. The largest absolute Gasteiger partial charge is 0.372 e. The van der Waals surface area contributed by atoms with E-state index in [1.165, 1.54) is 12.8 Å². The zero-order chi connectivity index (χ0) is 8.48. The first-order valence-corrected chi connectivity index (χ1v) is 5.81. The third-order valence-electron chi connectivity index (χ3n) is 2.11. The molecule has 1 fully saturated rings. The average Bonchev–Trinajstić information content (AvgIpc) is 2.67. The highest BCUT2D eigenvalue weighted by Crippen LogP contribution is 2.36. The highest BCUT2D eigenvalue weighted by Gasteiger charge is 2.32. The van der Waals surface area contributed by atoms with Crippen LogP contribution in [0.25, 0.3) is 0 Å². The second-order valence-corrected chi connectivity index (χ2v) is 4.82. The second-order valence-electron chi connectivity index (χ2n) is 4.05. The molecule has 0 heterocycles. The van der Waals surface area contributed by atoms with E-state index in [1.54, 1.807) is 0 Å². The maximum absolute atomic E-state index is 5.90. The molecule has 0 bridgehead atoms. The van der Waals surface area contributed by atoms with E-state index in [0.717, 1.165) is 10.3 Å². The van der Waals surface area contributed by atoms with Crippen LogP contribution in [0.5, 0.6) is 0 Å². The van der Waals surface area contributed by atoms with Gasteiger partial charge in [-0.15, -0.1) is 0 Å². The first kappa shape index (κ1) is 9.78. The molecular formula is C9H17IO. The average molecular weight is 268 g/mol. The second kappa shape index (κ2) is 3.60. The van der Waals surface area contributed by atoms with Crippen LogP contribution in [0.2, 0.25) is 0 Å². The molecular weight excluding hydrogens is 251 g/mol. The van der Waals surface area contributed by atoms with Gasteiger partial charge in [-0.05, 0) is 39.5 Å². The Labute approximate surface area is 83.0 Å². The van der Waals surface area contributed by atoms with Gasteiger partial charge < -0.3 is 4.74 Å². The van der Waals surface area contributed by atoms with Crippen LogP contribution in [0.15, 0.2) is 0 Å². The summed E-state index contributed by atoms with van der Waals surface area (Å²) in [7, 11) is 0. The van der Waals surface area contributed by atoms with Crippen LogP contribution in [0, 0.1) is 5.92 Å². The summed E-state index contributed by atoms with van der Waals surface area (Å²) in [5.41, 5.74) is 0.0720. The molecule has 1 unspecified atom stereocenters. The van der Waals surface area contributed by atoms with Crippen LogP contribution in [0.3, 0.4) is 0 Å². The highest BCUT2D eigenvalue weighted by molar-refractivity contribution is 14.1. The van der Waals surface area contributed by atoms with E-state index >= 15 is 0 Å². The molecule has 1 saturated carbocycles. The molecule has 1 aliphatic carbocycles. The van der Waals surface area contributed by atoms with Crippen molar-refractivity contribution in [2.75, 3.05) is 4.43 Å². The van der Waals surface area contributed by atoms with Gasteiger partial charge in [0.2, 0.25) is 0 Å². The Bertz CT molecular complexity index is 130. The molecule has 66 valence electrons. The summed E-state index contributed by atoms with van der Waals surface area (Å²) in [5.74, 6) is 0.859. The van der Waals surface area contributed by atoms with Crippen LogP contribution in [0.1, 0.15) is 33.6 Å². The fraction of sp³-hybridized carbons (Fsp3) is 1.00. The van der Waals surface area contributed by atoms with Gasteiger partial charge in [0.25, 0.3) is 0 Å². The Kier molecular flexibility index (Phi) is 3.20. The lowest BCUT2D eigenvalue weighted by Crippen LogP contribution is -2.31. The number of hydrogen-bond donors (Lipinski definition) is 0. The van der Waals surface area contributed by atoms with Gasteiger partial charge in [0, 0.05) is 4.43 Å². The highest BCUT2D eigenvalue weighted by atomic mass is 127. The fourth-order valence-electron chi connectivity index (χ4n) is 1.20. The van der Waals surface area contributed by atoms with Gasteiger partial charge in [-0.3, -0.25) is 0 Å². The number of hydrogen-bond acceptors (Lipinski definition) is 1. The van der Waals surface area contributed by atoms with E-state index in [0.29, 0.717) is 6.10 Å². The molecule has 2 heteroatoms. The summed E-state index contributed by atoms with van der Waals surface area (Å²) in [4.78, 5) is 0. The minimum atomic E-state index is 0.0720. The number of ether oxygens (including phenoxy) is 1. The minimum Gasteiger partial charge on any atom is -0.372 e. The third kappa shape index (κ3) is 3.28. The van der Waals surface area contributed by atoms with E-state index in [9.17, 15) is 0 Å². The van der Waals surface area contributed by atoms with E-state index in [2.05, 4.69) is 43.4 Å². The molecule has 0 aromatic rings. The van der Waals surface area contributed by atoms with Gasteiger partial charge in [0.05, 0.1) is 11.7 Å². The summed E-state index contributed by atoms with van der Waals surface area (Å²) in [5, 5.41) is 0. The summed E-state index contributed by atoms with van der Waals surface area (Å²) in [6.45, 7) is 6.53. The van der Waals surface area contributed by atoms with E-state index in [1.807, 2.05) is 0 Å². The van der Waals surface area contributed by atoms with Gasteiger partial charge >= 0.3 is 0 Å². The SMILES string of the molecule is CC(OC(C)(C)CI)C1CC1. The lowest BCUT2D eigenvalue weighted by atomic mass is 10.1. The Morgan fingerprint density at radius 3 is 2.45 bits per heavy atom. The van der Waals surface area contributed by atoms with Gasteiger partial charge in [-0.2, -0.15) is 0 Å². The fourth-order valence-corrected chi connectivity index (χ4v) is 1.38. The van der Waals surface area contributed by atoms with Crippen molar-refractivity contribution in [2.45, 2.75) is 45.3 Å². The zero-order valence-corrected chi connectivity index (χ0v) is 9.72. The minimum absolute atomic E-state index is 0.0720. The molecule has 1 atom stereocenters. The molecule has 0 N–H and O–H groups in total. The van der Waals surface area contributed by atoms with E-state index < -0.39 is 0 Å². The summed E-state index contributed by atoms with van der Waals surface area (Å²) >= 11 is 2.38. The lowest BCUT2D eigenvalue weighted by Gasteiger charge is -2.27. The Morgan fingerprint density at radius 1 is 1.55 bits per heavy atom. The van der Waals surface area contributed by atoms with Gasteiger partial charge in [-0.25, -0.2) is 0 Å². The Hall–Kier alpha value is 0.690. The topological polar surface area (TPSA) is 9.23 Å². The Morgan fingerprint density at radius 2 is 2.09 bits per heavy atom. The van der Waals surface area contributed by atoms with Crippen molar-refractivity contribution in [2.24, 2.45) is 5.92 Å². The first-order chi connectivity index (χ1) is 5.05. The van der Waals surface area contributed by atoms with Gasteiger partial charge in [0.1, 0.15) is 0 Å². The van der Waals surface area contributed by atoms with Crippen molar-refractivity contribution in [3.8, 4) is 0 Å². The monoisotopic (exact) mass is 268 g/mol. The smallest absolute Gasteiger partial charge is 0.0719 e. The predicted molar refractivity (Wildman–Crippen MR) is 56.2 cm³/mol. The molecule has 0 aliphatic heterocycles. The van der Waals surface area contributed by atoms with Crippen molar-refractivity contribution in [1.29, 1.82) is 0 Å². The van der Waals surface area contributed by atoms with E-state index in [-0.39, 0.29) is 5.60 Å². The molecule has 1 nitrogen and oxygen atoms in total. The predicted octanol–water partition coefficient (Wildman–Crippen LogP) is 3.02. The van der Waals surface area contributed by atoms with Gasteiger partial charge in [0.15, 0.2) is 0 Å². The number of rotatable bonds is 4. The normalized spacial score (nSPS) is 21.8. The third-order valence-corrected chi connectivity index (χ3v) is 3.95. The molecule has 0 radical (unpaired) electrons. The van der Waals surface area contributed by atoms with Crippen molar-refractivity contribution < 1.29 is 4.74 Å². The van der Waals surface area contributed by atoms with E-state index in [4.69, 9.17) is 4.74 Å². The number of alkyl halides is 1. The van der Waals surface area contributed by atoms with Crippen molar-refractivity contribution in [3.63, 3.8) is 0 Å². The van der Waals surface area contributed by atoms with Crippen LogP contribution in [-0.2, 0) is 4.74 Å². The molecule has 0 aromatic carbocycles. The van der Waals surface area contributed by atoms with Gasteiger partial charge in [-0.1, -0.05) is 22.6 Å². The molecule has 1 rings (SSSR count). The molecule has 0 saturated heterocycles.